The first-order valence-electron chi connectivity index (χ1n) is 9.03. The molecule has 0 spiro atoms. The van der Waals surface area contributed by atoms with Crippen molar-refractivity contribution >= 4 is 22.8 Å². The molecule has 0 aliphatic heterocycles. The highest BCUT2D eigenvalue weighted by Crippen LogP contribution is 2.29. The van der Waals surface area contributed by atoms with Crippen LogP contribution in [0.3, 0.4) is 0 Å². The SMILES string of the molecule is Cc1cc2occ(CC(=O)N(C)CC(=O)NC(C)(C)C)c2cc1C(C)C. The molecule has 1 aromatic heterocycles. The number of hydrogen-bond acceptors (Lipinski definition) is 3. The minimum Gasteiger partial charge on any atom is -0.464 e. The van der Waals surface area contributed by atoms with Crippen LogP contribution in [0, 0.1) is 6.92 Å². The average molecular weight is 358 g/mol. The van der Waals surface area contributed by atoms with E-state index >= 15 is 0 Å². The highest BCUT2D eigenvalue weighted by molar-refractivity contribution is 5.90. The predicted molar refractivity (Wildman–Crippen MR) is 104 cm³/mol. The van der Waals surface area contributed by atoms with Gasteiger partial charge < -0.3 is 14.6 Å². The number of amides is 2. The Morgan fingerprint density at radius 1 is 1.23 bits per heavy atom. The second-order valence-corrected chi connectivity index (χ2v) is 8.35. The average Bonchev–Trinajstić information content (AvgIpc) is 2.85. The Morgan fingerprint density at radius 3 is 2.46 bits per heavy atom. The maximum absolute atomic E-state index is 12.5. The highest BCUT2D eigenvalue weighted by Gasteiger charge is 2.20. The molecule has 2 amide bonds. The molecule has 142 valence electrons. The van der Waals surface area contributed by atoms with Crippen LogP contribution in [0.2, 0.25) is 0 Å². The molecule has 2 aromatic rings. The summed E-state index contributed by atoms with van der Waals surface area (Å²) in [5.41, 5.74) is 3.78. The minimum absolute atomic E-state index is 0.0439. The number of rotatable bonds is 5. The van der Waals surface area contributed by atoms with Crippen LogP contribution in [0.15, 0.2) is 22.8 Å². The Morgan fingerprint density at radius 2 is 1.88 bits per heavy atom. The Labute approximate surface area is 155 Å². The van der Waals surface area contributed by atoms with Gasteiger partial charge in [0.05, 0.1) is 19.2 Å². The van der Waals surface area contributed by atoms with E-state index in [1.165, 1.54) is 16.0 Å². The Hall–Kier alpha value is -2.30. The number of aryl methyl sites for hydroxylation is 1. The summed E-state index contributed by atoms with van der Waals surface area (Å²) in [6, 6.07) is 4.15. The first kappa shape index (κ1) is 20.0. The Bertz CT molecular complexity index is 813. The number of nitrogens with one attached hydrogen (secondary N) is 1. The molecule has 0 bridgehead atoms. The van der Waals surface area contributed by atoms with Gasteiger partial charge in [0.15, 0.2) is 0 Å². The van der Waals surface area contributed by atoms with Crippen LogP contribution in [-0.2, 0) is 16.0 Å². The van der Waals surface area contributed by atoms with Crippen molar-refractivity contribution in [1.29, 1.82) is 0 Å². The zero-order chi connectivity index (χ0) is 19.6. The Balaban J connectivity index is 2.13. The number of nitrogens with zero attached hydrogens (tertiary/aromatic N) is 1. The molecule has 0 radical (unpaired) electrons. The van der Waals surface area contributed by atoms with E-state index in [0.29, 0.717) is 5.92 Å². The van der Waals surface area contributed by atoms with Gasteiger partial charge in [-0.3, -0.25) is 9.59 Å². The molecule has 1 heterocycles. The van der Waals surface area contributed by atoms with E-state index in [2.05, 4.69) is 32.2 Å². The number of furan rings is 1. The molecule has 0 atom stereocenters. The third-order valence-electron chi connectivity index (χ3n) is 4.33. The molecule has 0 saturated carbocycles. The lowest BCUT2D eigenvalue weighted by Gasteiger charge is -2.23. The first-order valence-corrected chi connectivity index (χ1v) is 9.03. The van der Waals surface area contributed by atoms with E-state index in [0.717, 1.165) is 16.5 Å². The number of carbonyl (C=O) groups excluding carboxylic acids is 2. The molecule has 1 aromatic carbocycles. The van der Waals surface area contributed by atoms with E-state index in [9.17, 15) is 9.59 Å². The van der Waals surface area contributed by atoms with E-state index < -0.39 is 0 Å². The van der Waals surface area contributed by atoms with Crippen LogP contribution in [-0.4, -0.2) is 35.8 Å². The van der Waals surface area contributed by atoms with Gasteiger partial charge in [0.25, 0.3) is 0 Å². The van der Waals surface area contributed by atoms with E-state index in [1.807, 2.05) is 26.8 Å². The van der Waals surface area contributed by atoms with Gasteiger partial charge in [0.2, 0.25) is 11.8 Å². The van der Waals surface area contributed by atoms with Crippen molar-refractivity contribution in [2.24, 2.45) is 0 Å². The number of benzene rings is 1. The van der Waals surface area contributed by atoms with Gasteiger partial charge in [-0.05, 0) is 56.9 Å². The zero-order valence-corrected chi connectivity index (χ0v) is 16.9. The van der Waals surface area contributed by atoms with Crippen LogP contribution in [0.25, 0.3) is 11.0 Å². The number of fused-ring (bicyclic) bond motifs is 1. The van der Waals surface area contributed by atoms with Gasteiger partial charge in [0.1, 0.15) is 5.58 Å². The highest BCUT2D eigenvalue weighted by atomic mass is 16.3. The molecule has 5 nitrogen and oxygen atoms in total. The molecule has 0 saturated heterocycles. The molecular formula is C21H30N2O3. The second kappa shape index (κ2) is 7.52. The van der Waals surface area contributed by atoms with Gasteiger partial charge in [-0.25, -0.2) is 0 Å². The number of hydrogen-bond donors (Lipinski definition) is 1. The van der Waals surface area contributed by atoms with Gasteiger partial charge in [-0.15, -0.1) is 0 Å². The zero-order valence-electron chi connectivity index (χ0n) is 16.9. The lowest BCUT2D eigenvalue weighted by Crippen LogP contribution is -2.46. The standard InChI is InChI=1S/C21H30N2O3/c1-13(2)16-10-17-15(12-26-18(17)8-14(16)3)9-20(25)23(7)11-19(24)22-21(4,5)6/h8,10,12-13H,9,11H2,1-7H3,(H,22,24). The fraction of sp³-hybridized carbons (Fsp3) is 0.524. The summed E-state index contributed by atoms with van der Waals surface area (Å²) < 4.78 is 5.64. The van der Waals surface area contributed by atoms with Crippen molar-refractivity contribution in [3.63, 3.8) is 0 Å². The van der Waals surface area contributed by atoms with Gasteiger partial charge in [-0.2, -0.15) is 0 Å². The summed E-state index contributed by atoms with van der Waals surface area (Å²) in [5, 5.41) is 3.84. The number of carbonyl (C=O) groups is 2. The maximum Gasteiger partial charge on any atom is 0.240 e. The molecule has 1 N–H and O–H groups in total. The third kappa shape index (κ3) is 4.87. The summed E-state index contributed by atoms with van der Waals surface area (Å²) in [4.78, 5) is 26.0. The maximum atomic E-state index is 12.5. The van der Waals surface area contributed by atoms with E-state index in [-0.39, 0.29) is 30.3 Å². The van der Waals surface area contributed by atoms with Gasteiger partial charge in [-0.1, -0.05) is 13.8 Å². The number of likely N-dealkylation sites (N-methyl/N-ethyl adjacent to an activating group) is 1. The third-order valence-corrected chi connectivity index (χ3v) is 4.33. The van der Waals surface area contributed by atoms with Crippen LogP contribution in [0.5, 0.6) is 0 Å². The summed E-state index contributed by atoms with van der Waals surface area (Å²) in [6.07, 6.45) is 1.86. The topological polar surface area (TPSA) is 62.6 Å². The summed E-state index contributed by atoms with van der Waals surface area (Å²) in [6.45, 7) is 12.2. The van der Waals surface area contributed by atoms with Gasteiger partial charge in [0, 0.05) is 23.5 Å². The molecule has 2 rings (SSSR count). The van der Waals surface area contributed by atoms with Crippen molar-refractivity contribution in [3.8, 4) is 0 Å². The Kier molecular flexibility index (Phi) is 5.79. The van der Waals surface area contributed by atoms with Crippen LogP contribution >= 0.6 is 0 Å². The minimum atomic E-state index is -0.313. The molecule has 0 fully saturated rings. The second-order valence-electron chi connectivity index (χ2n) is 8.35. The normalized spacial score (nSPS) is 11.8. The fourth-order valence-corrected chi connectivity index (χ4v) is 3.06. The van der Waals surface area contributed by atoms with Crippen molar-refractivity contribution in [2.75, 3.05) is 13.6 Å². The first-order chi connectivity index (χ1) is 12.0. The van der Waals surface area contributed by atoms with Crippen LogP contribution in [0.4, 0.5) is 0 Å². The van der Waals surface area contributed by atoms with Crippen LogP contribution < -0.4 is 5.32 Å². The lowest BCUT2D eigenvalue weighted by molar-refractivity contribution is -0.134. The summed E-state index contributed by atoms with van der Waals surface area (Å²) in [5.74, 6) is 0.133. The van der Waals surface area contributed by atoms with E-state index in [4.69, 9.17) is 4.42 Å². The summed E-state index contributed by atoms with van der Waals surface area (Å²) in [7, 11) is 1.65. The quantitative estimate of drug-likeness (QED) is 0.885. The van der Waals surface area contributed by atoms with Crippen molar-refractivity contribution < 1.29 is 14.0 Å². The smallest absolute Gasteiger partial charge is 0.240 e. The fourth-order valence-electron chi connectivity index (χ4n) is 3.06. The lowest BCUT2D eigenvalue weighted by atomic mass is 9.95. The largest absolute Gasteiger partial charge is 0.464 e. The van der Waals surface area contributed by atoms with Crippen molar-refractivity contribution in [1.82, 2.24) is 10.2 Å². The molecular weight excluding hydrogens is 328 g/mol. The van der Waals surface area contributed by atoms with E-state index in [1.54, 1.807) is 13.3 Å². The molecule has 0 aliphatic rings. The molecule has 0 unspecified atom stereocenters. The molecule has 26 heavy (non-hydrogen) atoms. The predicted octanol–water partition coefficient (Wildman–Crippen LogP) is 3.78. The van der Waals surface area contributed by atoms with Crippen LogP contribution in [0.1, 0.15) is 57.2 Å². The molecule has 0 aliphatic carbocycles. The monoisotopic (exact) mass is 358 g/mol. The summed E-state index contributed by atoms with van der Waals surface area (Å²) >= 11 is 0. The molecule has 5 heteroatoms. The van der Waals surface area contributed by atoms with Crippen molar-refractivity contribution in [3.05, 3.63) is 35.1 Å². The van der Waals surface area contributed by atoms with Crippen molar-refractivity contribution in [2.45, 2.75) is 59.4 Å². The van der Waals surface area contributed by atoms with Gasteiger partial charge >= 0.3 is 0 Å².